The van der Waals surface area contributed by atoms with Crippen molar-refractivity contribution in [1.29, 1.82) is 0 Å². The molecule has 0 spiro atoms. The van der Waals surface area contributed by atoms with Crippen LogP contribution < -0.4 is 15.6 Å². The predicted molar refractivity (Wildman–Crippen MR) is 155 cm³/mol. The fraction of sp³-hybridized carbons (Fsp3) is 0.958. The summed E-state index contributed by atoms with van der Waals surface area (Å²) in [4.78, 5) is 18.0. The van der Waals surface area contributed by atoms with Crippen LogP contribution in [0.3, 0.4) is 0 Å². The molecule has 4 aliphatic heterocycles. The van der Waals surface area contributed by atoms with Gasteiger partial charge in [0.25, 0.3) is 0 Å². The lowest BCUT2D eigenvalue weighted by Gasteiger charge is -2.41. The average Bonchev–Trinajstić information content (AvgIpc) is 2.90. The normalized spacial score (nSPS) is 23.9. The summed E-state index contributed by atoms with van der Waals surface area (Å²) in [6.07, 6.45) is 6.68. The second-order valence-corrected chi connectivity index (χ2v) is 14.2. The van der Waals surface area contributed by atoms with Crippen LogP contribution in [0.1, 0.15) is 65.2 Å². The number of carbonyl (C=O) groups excluding carboxylic acids is 1. The van der Waals surface area contributed by atoms with Gasteiger partial charge < -0.3 is 20.0 Å². The lowest BCUT2D eigenvalue weighted by molar-refractivity contribution is -0.121. The van der Waals surface area contributed by atoms with Gasteiger partial charge in [-0.1, -0.05) is 13.8 Å². The molecule has 0 aromatic rings. The van der Waals surface area contributed by atoms with Gasteiger partial charge in [-0.15, -0.1) is 12.4 Å². The fourth-order valence-corrected chi connectivity index (χ4v) is 7.17. The molecule has 4 heterocycles. The number of primary sulfonamides is 2. The van der Waals surface area contributed by atoms with Crippen LogP contribution in [0.4, 0.5) is 0 Å². The summed E-state index contributed by atoms with van der Waals surface area (Å²) >= 11 is 0. The van der Waals surface area contributed by atoms with E-state index in [4.69, 9.17) is 10.3 Å². The summed E-state index contributed by atoms with van der Waals surface area (Å²) < 4.78 is 44.1. The zero-order chi connectivity index (χ0) is 27.5. The monoisotopic (exact) mass is 602 g/mol. The molecule has 4 saturated heterocycles. The van der Waals surface area contributed by atoms with Crippen LogP contribution in [0.5, 0.6) is 0 Å². The van der Waals surface area contributed by atoms with E-state index in [1.54, 1.807) is 0 Å². The molecule has 0 amide bonds. The Hall–Kier alpha value is -0.380. The molecule has 0 atom stereocenters. The Labute approximate surface area is 236 Å². The first-order chi connectivity index (χ1) is 17.4. The van der Waals surface area contributed by atoms with Gasteiger partial charge in [0.2, 0.25) is 20.0 Å². The molecule has 0 saturated carbocycles. The largest absolute Gasteiger partial charge is 0.317 e. The minimum Gasteiger partial charge on any atom is -0.317 e. The van der Waals surface area contributed by atoms with Crippen LogP contribution in [-0.4, -0.2) is 119 Å². The van der Waals surface area contributed by atoms with Gasteiger partial charge >= 0.3 is 0 Å². The van der Waals surface area contributed by atoms with Gasteiger partial charge in [-0.25, -0.2) is 27.1 Å². The molecule has 226 valence electrons. The molecule has 14 heteroatoms. The summed E-state index contributed by atoms with van der Waals surface area (Å²) in [6.45, 7) is 14.2. The molecule has 0 bridgehead atoms. The number of carbonyl (C=O) groups is 1. The third-order valence-electron chi connectivity index (χ3n) is 8.07. The van der Waals surface area contributed by atoms with Crippen LogP contribution in [-0.2, 0) is 24.8 Å². The summed E-state index contributed by atoms with van der Waals surface area (Å²) in [6, 6.07) is 0.647. The van der Waals surface area contributed by atoms with Crippen molar-refractivity contribution in [1.82, 2.24) is 20.0 Å². The van der Waals surface area contributed by atoms with Gasteiger partial charge in [0.15, 0.2) is 0 Å². The number of hydrogen-bond donors (Lipinski definition) is 3. The number of Topliss-reactive ketones (excluding diaryl/α,β-unsaturated/α-hetero) is 1. The van der Waals surface area contributed by atoms with Crippen LogP contribution in [0.25, 0.3) is 0 Å². The summed E-state index contributed by atoms with van der Waals surface area (Å²) in [5.74, 6) is 0.430. The molecule has 0 aromatic heterocycles. The number of nitrogens with zero attached hydrogens (tertiary/aromatic N) is 3. The first-order valence-corrected chi connectivity index (χ1v) is 17.1. The third-order valence-corrected chi connectivity index (χ3v) is 10.9. The van der Waals surface area contributed by atoms with Crippen LogP contribution >= 0.6 is 12.4 Å². The second kappa shape index (κ2) is 17.4. The molecule has 11 nitrogen and oxygen atoms in total. The van der Waals surface area contributed by atoms with E-state index in [1.807, 2.05) is 0 Å². The molecule has 4 rings (SSSR count). The third kappa shape index (κ3) is 12.9. The number of nitrogens with one attached hydrogen (secondary N) is 1. The molecular formula is C24H51ClN6O5S2. The lowest BCUT2D eigenvalue weighted by atomic mass is 10.00. The molecule has 5 N–H and O–H groups in total. The van der Waals surface area contributed by atoms with Crippen molar-refractivity contribution in [2.75, 3.05) is 65.4 Å². The van der Waals surface area contributed by atoms with Crippen molar-refractivity contribution in [3.05, 3.63) is 0 Å². The highest BCUT2D eigenvalue weighted by atomic mass is 35.5. The van der Waals surface area contributed by atoms with E-state index in [1.165, 1.54) is 25.9 Å². The van der Waals surface area contributed by atoms with E-state index in [9.17, 15) is 21.6 Å². The number of likely N-dealkylation sites (tertiary alicyclic amines) is 3. The van der Waals surface area contributed by atoms with Crippen LogP contribution in [0.15, 0.2) is 0 Å². The first-order valence-electron chi connectivity index (χ1n) is 13.9. The number of nitrogens with two attached hydrogens (primary N) is 2. The average molecular weight is 603 g/mol. The maximum atomic E-state index is 11.3. The topological polar surface area (TPSA) is 159 Å². The number of piperidine rings is 4. The first kappa shape index (κ1) is 35.6. The van der Waals surface area contributed by atoms with E-state index in [-0.39, 0.29) is 22.9 Å². The van der Waals surface area contributed by atoms with Crippen molar-refractivity contribution in [3.8, 4) is 0 Å². The second-order valence-electron chi connectivity index (χ2n) is 10.5. The fourth-order valence-electron chi connectivity index (χ4n) is 5.41. The Bertz CT molecular complexity index is 876. The molecule has 0 unspecified atom stereocenters. The van der Waals surface area contributed by atoms with Gasteiger partial charge in [0.1, 0.15) is 5.78 Å². The molecule has 4 fully saturated rings. The maximum absolute atomic E-state index is 11.3. The lowest BCUT2D eigenvalue weighted by Crippen LogP contribution is -2.49. The minimum absolute atomic E-state index is 0. The van der Waals surface area contributed by atoms with E-state index >= 15 is 0 Å². The van der Waals surface area contributed by atoms with Gasteiger partial charge in [-0.05, 0) is 90.9 Å². The van der Waals surface area contributed by atoms with E-state index in [2.05, 4.69) is 33.9 Å². The predicted octanol–water partition coefficient (Wildman–Crippen LogP) is 0.344. The maximum Gasteiger partial charge on any atom is 0.212 e. The van der Waals surface area contributed by atoms with Gasteiger partial charge in [0, 0.05) is 32.0 Å². The molecule has 4 aliphatic rings. The molecule has 0 radical (unpaired) electrons. The van der Waals surface area contributed by atoms with Crippen molar-refractivity contribution in [2.45, 2.75) is 81.8 Å². The van der Waals surface area contributed by atoms with Crippen LogP contribution in [0, 0.1) is 0 Å². The van der Waals surface area contributed by atoms with Crippen molar-refractivity contribution in [3.63, 3.8) is 0 Å². The van der Waals surface area contributed by atoms with Crippen molar-refractivity contribution >= 4 is 38.2 Å². The minimum atomic E-state index is -3.33. The zero-order valence-corrected chi connectivity index (χ0v) is 25.7. The van der Waals surface area contributed by atoms with Gasteiger partial charge in [0.05, 0.1) is 10.5 Å². The summed E-state index contributed by atoms with van der Waals surface area (Å²) in [5, 5.41) is 12.6. The zero-order valence-electron chi connectivity index (χ0n) is 23.2. The standard InChI is InChI=1S/C12H25N3O2S.C7H13NO.C5H12N2O2S.ClH/c1-2-14-7-3-11(4-8-14)15-9-5-12(6-10-15)18(13,16)17;1-2-8-5-3-7(9)4-6-8;6-10(8,9)5-1-3-7-4-2-5;/h11-12H,2-10H2,1H3,(H2,13,16,17);2-6H2,1H3;5,7H,1-4H2,(H2,6,8,9);1H. The Kier molecular flexibility index (Phi) is 16.4. The number of ketones is 1. The van der Waals surface area contributed by atoms with E-state index < -0.39 is 20.0 Å². The Balaban J connectivity index is 0.000000307. The Morgan fingerprint density at radius 2 is 1.13 bits per heavy atom. The molecule has 0 aliphatic carbocycles. The Morgan fingerprint density at radius 3 is 1.53 bits per heavy atom. The number of hydrogen-bond acceptors (Lipinski definition) is 9. The highest BCUT2D eigenvalue weighted by molar-refractivity contribution is 7.90. The quantitative estimate of drug-likeness (QED) is 0.403. The smallest absolute Gasteiger partial charge is 0.212 e. The summed E-state index contributed by atoms with van der Waals surface area (Å²) in [7, 11) is -6.59. The van der Waals surface area contributed by atoms with Gasteiger partial charge in [-0.3, -0.25) is 4.79 Å². The molecule has 38 heavy (non-hydrogen) atoms. The SMILES string of the molecule is CCN1CCC(=O)CC1.CCN1CCC(N2CCC(S(N)(=O)=O)CC2)CC1.Cl.NS(=O)(=O)C1CCNCC1. The Morgan fingerprint density at radius 1 is 0.711 bits per heavy atom. The highest BCUT2D eigenvalue weighted by Crippen LogP contribution is 2.23. The van der Waals surface area contributed by atoms with E-state index in [0.29, 0.717) is 37.5 Å². The highest BCUT2D eigenvalue weighted by Gasteiger charge is 2.31. The number of halogens is 1. The number of rotatable bonds is 5. The van der Waals surface area contributed by atoms with Crippen molar-refractivity contribution in [2.24, 2.45) is 10.3 Å². The van der Waals surface area contributed by atoms with E-state index in [0.717, 1.165) is 65.2 Å². The van der Waals surface area contributed by atoms with Gasteiger partial charge in [-0.2, -0.15) is 0 Å². The van der Waals surface area contributed by atoms with Crippen LogP contribution in [0.2, 0.25) is 0 Å². The molecular weight excluding hydrogens is 552 g/mol. The van der Waals surface area contributed by atoms with Crippen molar-refractivity contribution < 1.29 is 21.6 Å². The summed E-state index contributed by atoms with van der Waals surface area (Å²) in [5.41, 5.74) is 0. The number of sulfonamides is 2. The molecule has 0 aromatic carbocycles.